The molecule has 2 heterocycles. The number of hydrogen-bond acceptors (Lipinski definition) is 6. The van der Waals surface area contributed by atoms with Gasteiger partial charge in [-0.2, -0.15) is 5.10 Å². The van der Waals surface area contributed by atoms with Crippen molar-refractivity contribution in [1.29, 1.82) is 0 Å². The zero-order chi connectivity index (χ0) is 23.3. The summed E-state index contributed by atoms with van der Waals surface area (Å²) >= 11 is 0. The number of nitrogens with one attached hydrogen (secondary N) is 1. The van der Waals surface area contributed by atoms with Crippen LogP contribution in [0.3, 0.4) is 0 Å². The van der Waals surface area contributed by atoms with Crippen molar-refractivity contribution >= 4 is 28.8 Å². The van der Waals surface area contributed by atoms with Crippen molar-refractivity contribution in [2.24, 2.45) is 5.73 Å². The smallest absolute Gasteiger partial charge is 0.408 e. The fourth-order valence-corrected chi connectivity index (χ4v) is 3.74. The molecule has 9 nitrogen and oxygen atoms in total. The first kappa shape index (κ1) is 23.0. The third-order valence-corrected chi connectivity index (χ3v) is 5.26. The molecule has 0 unspecified atom stereocenters. The molecular weight excluding hydrogens is 410 g/mol. The van der Waals surface area contributed by atoms with Crippen molar-refractivity contribution in [2.75, 3.05) is 14.1 Å². The molecule has 0 spiro atoms. The highest BCUT2D eigenvalue weighted by Gasteiger charge is 2.30. The predicted molar refractivity (Wildman–Crippen MR) is 120 cm³/mol. The Balaban J connectivity index is 0.00000141. The molecule has 4 rings (SSSR count). The Bertz CT molecular complexity index is 1130. The molecule has 0 fully saturated rings. The Morgan fingerprint density at radius 2 is 1.91 bits per heavy atom. The van der Waals surface area contributed by atoms with Crippen molar-refractivity contribution in [3.63, 3.8) is 0 Å². The lowest BCUT2D eigenvalue weighted by Crippen LogP contribution is -2.47. The van der Waals surface area contributed by atoms with Gasteiger partial charge < -0.3 is 20.7 Å². The number of carbonyl (C=O) groups excluding carboxylic acids is 3. The molecule has 1 atom stereocenters. The monoisotopic (exact) mass is 437 g/mol. The van der Waals surface area contributed by atoms with Crippen molar-refractivity contribution in [3.8, 4) is 0 Å². The number of nitrogens with zero attached hydrogens (tertiary/aromatic N) is 3. The molecule has 0 saturated heterocycles. The predicted octanol–water partition coefficient (Wildman–Crippen LogP) is 2.08. The number of ether oxygens (including phenoxy) is 1. The van der Waals surface area contributed by atoms with Crippen LogP contribution in [0.4, 0.5) is 4.79 Å². The Kier molecular flexibility index (Phi) is 7.21. The van der Waals surface area contributed by atoms with E-state index >= 15 is 0 Å². The van der Waals surface area contributed by atoms with Gasteiger partial charge in [0.05, 0.1) is 11.7 Å². The first-order valence-corrected chi connectivity index (χ1v) is 10.2. The summed E-state index contributed by atoms with van der Waals surface area (Å²) in [5.74, 6) is -0.376. The number of likely N-dealkylation sites (N-methyl/N-ethyl adjacent to an activating group) is 1. The highest BCUT2D eigenvalue weighted by Crippen LogP contribution is 2.27. The number of fused-ring (bicyclic) bond motifs is 3. The number of nitrogens with two attached hydrogens (primary N) is 1. The van der Waals surface area contributed by atoms with Crippen molar-refractivity contribution in [3.05, 3.63) is 65.4 Å². The molecule has 0 saturated carbocycles. The van der Waals surface area contributed by atoms with E-state index in [2.05, 4.69) is 16.1 Å². The molecule has 2 aromatic carbocycles. The van der Waals surface area contributed by atoms with Crippen molar-refractivity contribution in [2.45, 2.75) is 32.5 Å². The van der Waals surface area contributed by atoms with Crippen LogP contribution in [0.1, 0.15) is 28.4 Å². The van der Waals surface area contributed by atoms with E-state index in [1.807, 2.05) is 42.5 Å². The molecule has 1 aliphatic heterocycles. The van der Waals surface area contributed by atoms with Crippen LogP contribution in [0.15, 0.2) is 48.7 Å². The average Bonchev–Trinajstić information content (AvgIpc) is 3.20. The van der Waals surface area contributed by atoms with E-state index in [0.717, 1.165) is 22.1 Å². The van der Waals surface area contributed by atoms with Gasteiger partial charge in [-0.05, 0) is 29.8 Å². The van der Waals surface area contributed by atoms with E-state index in [1.165, 1.54) is 18.7 Å². The molecular formula is C23H27N5O4. The minimum atomic E-state index is -0.736. The van der Waals surface area contributed by atoms with Crippen LogP contribution in [0.5, 0.6) is 0 Å². The quantitative estimate of drug-likeness (QED) is 0.647. The number of amides is 2. The maximum absolute atomic E-state index is 12.9. The van der Waals surface area contributed by atoms with E-state index in [9.17, 15) is 14.4 Å². The summed E-state index contributed by atoms with van der Waals surface area (Å²) in [5, 5.41) is 7.69. The lowest BCUT2D eigenvalue weighted by molar-refractivity contribution is -0.132. The zero-order valence-corrected chi connectivity index (χ0v) is 18.4. The van der Waals surface area contributed by atoms with Gasteiger partial charge >= 0.3 is 6.09 Å². The highest BCUT2D eigenvalue weighted by molar-refractivity contribution is 5.93. The summed E-state index contributed by atoms with van der Waals surface area (Å²) < 4.78 is 6.62. The number of carbonyl (C=O) groups is 3. The second-order valence-corrected chi connectivity index (χ2v) is 7.37. The summed E-state index contributed by atoms with van der Waals surface area (Å²) in [7, 11) is 3.19. The Hall–Kier alpha value is -3.72. The van der Waals surface area contributed by atoms with Gasteiger partial charge in [0.2, 0.25) is 11.8 Å². The van der Waals surface area contributed by atoms with Gasteiger partial charge in [-0.1, -0.05) is 36.4 Å². The fourth-order valence-electron chi connectivity index (χ4n) is 3.74. The molecule has 32 heavy (non-hydrogen) atoms. The van der Waals surface area contributed by atoms with Crippen LogP contribution in [0.2, 0.25) is 0 Å². The Morgan fingerprint density at radius 1 is 1.19 bits per heavy atom. The Morgan fingerprint density at radius 3 is 2.59 bits per heavy atom. The van der Waals surface area contributed by atoms with Crippen LogP contribution in [-0.4, -0.2) is 52.7 Å². The zero-order valence-electron chi connectivity index (χ0n) is 18.4. The van der Waals surface area contributed by atoms with Gasteiger partial charge in [0.25, 0.3) is 0 Å². The van der Waals surface area contributed by atoms with E-state index in [-0.39, 0.29) is 18.4 Å². The number of hydrogen-bond donors (Lipinski definition) is 2. The van der Waals surface area contributed by atoms with E-state index in [1.54, 1.807) is 18.1 Å². The number of benzene rings is 2. The van der Waals surface area contributed by atoms with Gasteiger partial charge in [0.15, 0.2) is 0 Å². The van der Waals surface area contributed by atoms with Crippen LogP contribution < -0.4 is 11.1 Å². The van der Waals surface area contributed by atoms with Crippen LogP contribution in [0.25, 0.3) is 10.9 Å². The summed E-state index contributed by atoms with van der Waals surface area (Å²) in [6.45, 7) is 1.95. The first-order valence-electron chi connectivity index (χ1n) is 10.2. The highest BCUT2D eigenvalue weighted by atomic mass is 16.5. The van der Waals surface area contributed by atoms with E-state index in [4.69, 9.17) is 4.74 Å². The number of aromatic nitrogens is 2. The second-order valence-electron chi connectivity index (χ2n) is 7.37. The molecule has 1 aromatic heterocycles. The van der Waals surface area contributed by atoms with Crippen LogP contribution >= 0.6 is 0 Å². The standard InChI is InChI=1S/C22H22N4O4.CH5N/c1-14(27)26-20-9-8-16-10-19(21(28)25(2)12-18(16)17(20)11-23-26)24-22(29)30-13-15-6-4-3-5-7-15;1-2/h3-9,11,19H,10,12-13H2,1-2H3,(H,24,29);2H2,1H3/t19-;/m1./s1. The molecule has 1 aliphatic rings. The van der Waals surface area contributed by atoms with Gasteiger partial charge in [-0.15, -0.1) is 0 Å². The lowest BCUT2D eigenvalue weighted by atomic mass is 9.99. The molecule has 2 amide bonds. The molecule has 3 aromatic rings. The maximum atomic E-state index is 12.9. The molecule has 3 N–H and O–H groups in total. The summed E-state index contributed by atoms with van der Waals surface area (Å²) in [6, 6.07) is 12.3. The minimum Gasteiger partial charge on any atom is -0.445 e. The SMILES string of the molecule is CC(=O)n1ncc2c3c(ccc21)C[C@@H](NC(=O)OCc1ccccc1)C(=O)N(C)C3.CN. The van der Waals surface area contributed by atoms with Crippen molar-refractivity contribution in [1.82, 2.24) is 20.0 Å². The fraction of sp³-hybridized carbons (Fsp3) is 0.304. The average molecular weight is 438 g/mol. The lowest BCUT2D eigenvalue weighted by Gasteiger charge is -2.20. The van der Waals surface area contributed by atoms with E-state index < -0.39 is 12.1 Å². The minimum absolute atomic E-state index is 0.130. The number of rotatable bonds is 3. The van der Waals surface area contributed by atoms with Crippen LogP contribution in [0, 0.1) is 0 Å². The topological polar surface area (TPSA) is 120 Å². The van der Waals surface area contributed by atoms with Gasteiger partial charge in [0, 0.05) is 32.3 Å². The third-order valence-electron chi connectivity index (χ3n) is 5.26. The summed E-state index contributed by atoms with van der Waals surface area (Å²) in [6.07, 6.45) is 1.34. The maximum Gasteiger partial charge on any atom is 0.408 e. The summed E-state index contributed by atoms with van der Waals surface area (Å²) in [4.78, 5) is 38.5. The Labute approximate surface area is 186 Å². The normalized spacial score (nSPS) is 15.3. The van der Waals surface area contributed by atoms with Crippen molar-refractivity contribution < 1.29 is 19.1 Å². The second kappa shape index (κ2) is 10.1. The van der Waals surface area contributed by atoms with Gasteiger partial charge in [-0.3, -0.25) is 9.59 Å². The largest absolute Gasteiger partial charge is 0.445 e. The van der Waals surface area contributed by atoms with E-state index in [0.29, 0.717) is 18.5 Å². The first-order chi connectivity index (χ1) is 15.4. The van der Waals surface area contributed by atoms with Gasteiger partial charge in [0.1, 0.15) is 12.6 Å². The molecule has 0 bridgehead atoms. The molecule has 0 radical (unpaired) electrons. The molecule has 168 valence electrons. The summed E-state index contributed by atoms with van der Waals surface area (Å²) in [5.41, 5.74) is 7.93. The number of alkyl carbamates (subject to hydrolysis) is 1. The molecule has 0 aliphatic carbocycles. The van der Waals surface area contributed by atoms with Gasteiger partial charge in [-0.25, -0.2) is 9.48 Å². The third kappa shape index (κ3) is 4.78. The van der Waals surface area contributed by atoms with Crippen LogP contribution in [-0.2, 0) is 29.1 Å². The molecule has 9 heteroatoms.